The summed E-state index contributed by atoms with van der Waals surface area (Å²) in [4.78, 5) is 7.12. The molecule has 5 nitrogen and oxygen atoms in total. The van der Waals surface area contributed by atoms with Crippen molar-refractivity contribution in [2.24, 2.45) is 0 Å². The summed E-state index contributed by atoms with van der Waals surface area (Å²) in [5.74, 6) is -0.0777. The zero-order valence-corrected chi connectivity index (χ0v) is 13.3. The van der Waals surface area contributed by atoms with Gasteiger partial charge in [-0.15, -0.1) is 0 Å². The molecule has 1 aromatic carbocycles. The molecule has 0 aliphatic carbocycles. The topological polar surface area (TPSA) is 72.0 Å². The first-order chi connectivity index (χ1) is 9.29. The molecule has 0 saturated heterocycles. The lowest BCUT2D eigenvalue weighted by Crippen LogP contribution is -2.14. The summed E-state index contributed by atoms with van der Waals surface area (Å²) in [5, 5.41) is -0.159. The molecule has 2 rings (SSSR count). The van der Waals surface area contributed by atoms with Crippen LogP contribution in [-0.2, 0) is 10.0 Å². The molecule has 0 spiro atoms. The maximum absolute atomic E-state index is 12.2. The Kier molecular flexibility index (Phi) is 4.61. The largest absolute Gasteiger partial charge is 0.264 e. The van der Waals surface area contributed by atoms with Gasteiger partial charge in [0, 0.05) is 6.07 Å². The van der Waals surface area contributed by atoms with Crippen LogP contribution in [-0.4, -0.2) is 18.4 Å². The summed E-state index contributed by atoms with van der Waals surface area (Å²) in [6.07, 6.45) is 0. The number of nitrogens with one attached hydrogen (secondary N) is 1. The van der Waals surface area contributed by atoms with Crippen molar-refractivity contribution >= 4 is 62.2 Å². The summed E-state index contributed by atoms with van der Waals surface area (Å²) in [6.45, 7) is 0. The molecule has 0 bridgehead atoms. The van der Waals surface area contributed by atoms with Gasteiger partial charge in [0.05, 0.1) is 10.0 Å². The third-order valence-corrected chi connectivity index (χ3v) is 4.80. The summed E-state index contributed by atoms with van der Waals surface area (Å²) in [5.41, 5.74) is 0. The number of nitrogens with zero attached hydrogens (tertiary/aromatic N) is 2. The molecule has 0 fully saturated rings. The van der Waals surface area contributed by atoms with E-state index in [0.717, 1.165) is 0 Å². The molecule has 0 aliphatic heterocycles. The molecule has 20 heavy (non-hydrogen) atoms. The molecule has 0 unspecified atom stereocenters. The monoisotopic (exact) mass is 371 g/mol. The van der Waals surface area contributed by atoms with Gasteiger partial charge >= 0.3 is 0 Å². The van der Waals surface area contributed by atoms with Crippen molar-refractivity contribution in [2.45, 2.75) is 4.90 Å². The Morgan fingerprint density at radius 2 is 1.75 bits per heavy atom. The molecular weight excluding hydrogens is 368 g/mol. The van der Waals surface area contributed by atoms with Gasteiger partial charge in [0.25, 0.3) is 10.0 Å². The Morgan fingerprint density at radius 3 is 2.40 bits per heavy atom. The fourth-order valence-corrected chi connectivity index (χ4v) is 3.49. The number of sulfonamides is 1. The third kappa shape index (κ3) is 3.45. The van der Waals surface area contributed by atoms with Crippen LogP contribution in [0.1, 0.15) is 0 Å². The Bertz CT molecular complexity index is 747. The predicted molar refractivity (Wildman–Crippen MR) is 79.3 cm³/mol. The van der Waals surface area contributed by atoms with Gasteiger partial charge in [-0.1, -0.05) is 40.9 Å². The highest BCUT2D eigenvalue weighted by atomic mass is 35.5. The minimum Gasteiger partial charge on any atom is -0.263 e. The van der Waals surface area contributed by atoms with Gasteiger partial charge in [0.15, 0.2) is 0 Å². The Morgan fingerprint density at radius 1 is 1.05 bits per heavy atom. The fourth-order valence-electron chi connectivity index (χ4n) is 1.33. The van der Waals surface area contributed by atoms with Crippen molar-refractivity contribution in [3.8, 4) is 0 Å². The Labute approximate surface area is 134 Å². The average Bonchev–Trinajstić information content (AvgIpc) is 2.30. The van der Waals surface area contributed by atoms with Crippen LogP contribution < -0.4 is 4.72 Å². The second-order valence-corrected chi connectivity index (χ2v) is 6.66. The summed E-state index contributed by atoms with van der Waals surface area (Å²) in [7, 11) is -3.97. The highest BCUT2D eigenvalue weighted by molar-refractivity contribution is 7.92. The van der Waals surface area contributed by atoms with Gasteiger partial charge in [-0.05, 0) is 23.7 Å². The minimum atomic E-state index is -3.97. The van der Waals surface area contributed by atoms with Gasteiger partial charge in [-0.25, -0.2) is 13.4 Å². The molecule has 0 atom stereocenters. The SMILES string of the molecule is O=S(=O)(Nc1cc(Cl)nc(Cl)n1)c1cccc(Cl)c1Cl. The minimum absolute atomic E-state index is 0.000101. The lowest BCUT2D eigenvalue weighted by atomic mass is 10.4. The molecular formula is C10H5Cl4N3O2S. The first kappa shape index (κ1) is 15.6. The summed E-state index contributed by atoms with van der Waals surface area (Å²) < 4.78 is 26.6. The summed E-state index contributed by atoms with van der Waals surface area (Å²) in [6, 6.07) is 5.45. The van der Waals surface area contributed by atoms with Gasteiger partial charge in [0.2, 0.25) is 5.28 Å². The van der Waals surface area contributed by atoms with Gasteiger partial charge in [-0.3, -0.25) is 4.72 Å². The van der Waals surface area contributed by atoms with Crippen LogP contribution in [0.2, 0.25) is 20.5 Å². The number of hydrogen-bond acceptors (Lipinski definition) is 4. The fraction of sp³-hybridized carbons (Fsp3) is 0. The van der Waals surface area contributed by atoms with Gasteiger partial charge in [-0.2, -0.15) is 4.98 Å². The van der Waals surface area contributed by atoms with E-state index in [9.17, 15) is 8.42 Å². The van der Waals surface area contributed by atoms with Crippen LogP contribution in [0.15, 0.2) is 29.2 Å². The zero-order valence-electron chi connectivity index (χ0n) is 9.44. The third-order valence-electron chi connectivity index (χ3n) is 2.11. The van der Waals surface area contributed by atoms with Crippen molar-refractivity contribution in [2.75, 3.05) is 4.72 Å². The number of halogens is 4. The van der Waals surface area contributed by atoms with Crippen LogP contribution in [0.3, 0.4) is 0 Å². The average molecular weight is 373 g/mol. The summed E-state index contributed by atoms with van der Waals surface area (Å²) >= 11 is 22.9. The first-order valence-corrected chi connectivity index (χ1v) is 7.96. The Balaban J connectivity index is 2.43. The molecule has 0 amide bonds. The predicted octanol–water partition coefficient (Wildman–Crippen LogP) is 3.89. The van der Waals surface area contributed by atoms with Gasteiger partial charge < -0.3 is 0 Å². The highest BCUT2D eigenvalue weighted by Gasteiger charge is 2.20. The van der Waals surface area contributed by atoms with E-state index in [-0.39, 0.29) is 31.2 Å². The second kappa shape index (κ2) is 5.91. The van der Waals surface area contributed by atoms with Crippen molar-refractivity contribution < 1.29 is 8.42 Å². The second-order valence-electron chi connectivity index (χ2n) is 3.50. The molecule has 1 aromatic heterocycles. The number of anilines is 1. The zero-order chi connectivity index (χ0) is 14.9. The van der Waals surface area contributed by atoms with Crippen LogP contribution in [0.5, 0.6) is 0 Å². The van der Waals surface area contributed by atoms with Crippen molar-refractivity contribution in [1.29, 1.82) is 0 Å². The molecule has 10 heteroatoms. The lowest BCUT2D eigenvalue weighted by Gasteiger charge is -2.09. The number of aromatic nitrogens is 2. The quantitative estimate of drug-likeness (QED) is 0.655. The maximum atomic E-state index is 12.2. The number of hydrogen-bond donors (Lipinski definition) is 1. The molecule has 0 saturated carbocycles. The first-order valence-electron chi connectivity index (χ1n) is 4.96. The normalized spacial score (nSPS) is 11.4. The van der Waals surface area contributed by atoms with Crippen LogP contribution in [0.25, 0.3) is 0 Å². The smallest absolute Gasteiger partial charge is 0.263 e. The molecule has 1 N–H and O–H groups in total. The van der Waals surface area contributed by atoms with Crippen molar-refractivity contribution in [3.05, 3.63) is 44.7 Å². The molecule has 106 valence electrons. The highest BCUT2D eigenvalue weighted by Crippen LogP contribution is 2.30. The van der Waals surface area contributed by atoms with E-state index in [0.29, 0.717) is 0 Å². The molecule has 0 aliphatic rings. The molecule has 0 radical (unpaired) electrons. The van der Waals surface area contributed by atoms with Crippen molar-refractivity contribution in [3.63, 3.8) is 0 Å². The van der Waals surface area contributed by atoms with E-state index in [1.807, 2.05) is 0 Å². The lowest BCUT2D eigenvalue weighted by molar-refractivity contribution is 0.601. The van der Waals surface area contributed by atoms with E-state index in [1.165, 1.54) is 24.3 Å². The standard InChI is InChI=1S/C10H5Cl4N3O2S/c11-5-2-1-3-6(9(5)13)20(18,19)17-8-4-7(12)15-10(14)16-8/h1-4H,(H,15,16,17). The molecule has 2 aromatic rings. The van der Waals surface area contributed by atoms with Crippen molar-refractivity contribution in [1.82, 2.24) is 9.97 Å². The van der Waals surface area contributed by atoms with Gasteiger partial charge in [0.1, 0.15) is 15.9 Å². The van der Waals surface area contributed by atoms with E-state index in [4.69, 9.17) is 46.4 Å². The van der Waals surface area contributed by atoms with Crippen LogP contribution in [0, 0.1) is 0 Å². The maximum Gasteiger partial charge on any atom is 0.264 e. The van der Waals surface area contributed by atoms with E-state index < -0.39 is 10.0 Å². The molecule has 1 heterocycles. The van der Waals surface area contributed by atoms with E-state index >= 15 is 0 Å². The van der Waals surface area contributed by atoms with Crippen LogP contribution >= 0.6 is 46.4 Å². The van der Waals surface area contributed by atoms with Crippen LogP contribution in [0.4, 0.5) is 5.82 Å². The van der Waals surface area contributed by atoms with E-state index in [2.05, 4.69) is 14.7 Å². The Hall–Kier alpha value is -0.790. The number of benzene rings is 1. The number of rotatable bonds is 3. The van der Waals surface area contributed by atoms with E-state index in [1.54, 1.807) is 0 Å².